The zero-order valence-electron chi connectivity index (χ0n) is 13.1. The summed E-state index contributed by atoms with van der Waals surface area (Å²) in [7, 11) is 3.71. The molecule has 0 bridgehead atoms. The SMILES string of the molecule is CN(C)C(=NCc1ccccc1)NCc1nccc(C(F)F)n1. The minimum atomic E-state index is -2.60. The van der Waals surface area contributed by atoms with Gasteiger partial charge in [-0.1, -0.05) is 30.3 Å². The van der Waals surface area contributed by atoms with Crippen LogP contribution >= 0.6 is 0 Å². The standard InChI is InChI=1S/C16H19F2N5/c1-23(2)16(20-10-12-6-4-3-5-7-12)21-11-14-19-9-8-13(22-14)15(17)18/h3-9,15H,10-11H2,1-2H3,(H,20,21). The van der Waals surface area contributed by atoms with E-state index in [2.05, 4.69) is 20.3 Å². The first-order valence-electron chi connectivity index (χ1n) is 7.16. The Balaban J connectivity index is 2.01. The van der Waals surface area contributed by atoms with Crippen molar-refractivity contribution in [1.82, 2.24) is 20.2 Å². The fourth-order valence-corrected chi connectivity index (χ4v) is 1.88. The van der Waals surface area contributed by atoms with E-state index in [0.717, 1.165) is 5.56 Å². The lowest BCUT2D eigenvalue weighted by Crippen LogP contribution is -2.36. The molecule has 0 atom stereocenters. The van der Waals surface area contributed by atoms with Gasteiger partial charge in [-0.2, -0.15) is 0 Å². The van der Waals surface area contributed by atoms with Crippen LogP contribution < -0.4 is 5.32 Å². The predicted molar refractivity (Wildman–Crippen MR) is 85.1 cm³/mol. The number of alkyl halides is 2. The topological polar surface area (TPSA) is 53.4 Å². The molecule has 0 saturated heterocycles. The monoisotopic (exact) mass is 319 g/mol. The Morgan fingerprint density at radius 2 is 1.96 bits per heavy atom. The third-order valence-corrected chi connectivity index (χ3v) is 3.03. The van der Waals surface area contributed by atoms with Crippen LogP contribution in [-0.2, 0) is 13.1 Å². The van der Waals surface area contributed by atoms with Crippen LogP contribution in [0.2, 0.25) is 0 Å². The number of aliphatic imine (C=N–C) groups is 1. The van der Waals surface area contributed by atoms with E-state index in [1.165, 1.54) is 12.3 Å². The van der Waals surface area contributed by atoms with Crippen molar-refractivity contribution in [2.75, 3.05) is 14.1 Å². The van der Waals surface area contributed by atoms with E-state index in [1.54, 1.807) is 0 Å². The summed E-state index contributed by atoms with van der Waals surface area (Å²) in [5.74, 6) is 0.942. The van der Waals surface area contributed by atoms with Gasteiger partial charge in [-0.15, -0.1) is 0 Å². The molecule has 0 amide bonds. The van der Waals surface area contributed by atoms with Gasteiger partial charge < -0.3 is 10.2 Å². The summed E-state index contributed by atoms with van der Waals surface area (Å²) in [4.78, 5) is 14.1. The van der Waals surface area contributed by atoms with E-state index < -0.39 is 6.43 Å². The number of hydrogen-bond donors (Lipinski definition) is 1. The van der Waals surface area contributed by atoms with Gasteiger partial charge in [0, 0.05) is 20.3 Å². The molecule has 0 spiro atoms. The smallest absolute Gasteiger partial charge is 0.280 e. The number of guanidine groups is 1. The lowest BCUT2D eigenvalue weighted by molar-refractivity contribution is 0.145. The quantitative estimate of drug-likeness (QED) is 0.680. The van der Waals surface area contributed by atoms with Gasteiger partial charge in [-0.25, -0.2) is 23.7 Å². The van der Waals surface area contributed by atoms with Crippen molar-refractivity contribution in [1.29, 1.82) is 0 Å². The van der Waals surface area contributed by atoms with E-state index in [4.69, 9.17) is 0 Å². The molecule has 0 aliphatic carbocycles. The molecule has 0 aliphatic heterocycles. The summed E-state index contributed by atoms with van der Waals surface area (Å²) in [6.45, 7) is 0.756. The molecule has 7 heteroatoms. The summed E-state index contributed by atoms with van der Waals surface area (Å²) in [5.41, 5.74) is 0.814. The van der Waals surface area contributed by atoms with Crippen molar-refractivity contribution < 1.29 is 8.78 Å². The Morgan fingerprint density at radius 1 is 1.22 bits per heavy atom. The molecule has 122 valence electrons. The van der Waals surface area contributed by atoms with Crippen molar-refractivity contribution in [2.45, 2.75) is 19.5 Å². The van der Waals surface area contributed by atoms with Crippen LogP contribution in [0.3, 0.4) is 0 Å². The lowest BCUT2D eigenvalue weighted by atomic mass is 10.2. The molecule has 1 heterocycles. The Morgan fingerprint density at radius 3 is 2.61 bits per heavy atom. The minimum absolute atomic E-state index is 0.229. The molecule has 2 aromatic rings. The number of halogens is 2. The van der Waals surface area contributed by atoms with Gasteiger partial charge in [0.1, 0.15) is 11.5 Å². The van der Waals surface area contributed by atoms with E-state index in [-0.39, 0.29) is 12.2 Å². The average molecular weight is 319 g/mol. The highest BCUT2D eigenvalue weighted by Crippen LogP contribution is 2.14. The normalized spacial score (nSPS) is 11.6. The molecule has 5 nitrogen and oxygen atoms in total. The molecule has 1 aromatic heterocycles. The molecule has 0 aliphatic rings. The Bertz CT molecular complexity index is 644. The van der Waals surface area contributed by atoms with Gasteiger partial charge in [0.05, 0.1) is 13.1 Å². The molecular formula is C16H19F2N5. The van der Waals surface area contributed by atoms with Crippen LogP contribution in [0.1, 0.15) is 23.5 Å². The van der Waals surface area contributed by atoms with Crippen LogP contribution in [0.4, 0.5) is 8.78 Å². The third-order valence-electron chi connectivity index (χ3n) is 3.03. The summed E-state index contributed by atoms with van der Waals surface area (Å²) in [6, 6.07) is 11.1. The second-order valence-corrected chi connectivity index (χ2v) is 5.07. The molecule has 1 aromatic carbocycles. The highest BCUT2D eigenvalue weighted by molar-refractivity contribution is 5.79. The Labute approximate surface area is 134 Å². The second-order valence-electron chi connectivity index (χ2n) is 5.07. The third kappa shape index (κ3) is 5.28. The molecule has 0 saturated carbocycles. The molecule has 0 fully saturated rings. The van der Waals surface area contributed by atoms with Gasteiger partial charge in [0.15, 0.2) is 5.96 Å². The van der Waals surface area contributed by atoms with Gasteiger partial charge >= 0.3 is 0 Å². The lowest BCUT2D eigenvalue weighted by Gasteiger charge is -2.17. The predicted octanol–water partition coefficient (Wildman–Crippen LogP) is 2.62. The summed E-state index contributed by atoms with van der Waals surface area (Å²) >= 11 is 0. The minimum Gasteiger partial charge on any atom is -0.349 e. The number of hydrogen-bond acceptors (Lipinski definition) is 3. The van der Waals surface area contributed by atoms with Crippen LogP contribution in [0.15, 0.2) is 47.6 Å². The van der Waals surface area contributed by atoms with Gasteiger partial charge in [-0.05, 0) is 11.6 Å². The zero-order chi connectivity index (χ0) is 16.7. The summed E-state index contributed by atoms with van der Waals surface area (Å²) < 4.78 is 25.3. The number of benzene rings is 1. The first-order valence-corrected chi connectivity index (χ1v) is 7.16. The van der Waals surface area contributed by atoms with E-state index in [1.807, 2.05) is 49.3 Å². The number of nitrogens with one attached hydrogen (secondary N) is 1. The fourth-order valence-electron chi connectivity index (χ4n) is 1.88. The van der Waals surface area contributed by atoms with E-state index in [9.17, 15) is 8.78 Å². The summed E-state index contributed by atoms with van der Waals surface area (Å²) in [6.07, 6.45) is -1.26. The summed E-state index contributed by atoms with van der Waals surface area (Å²) in [5, 5.41) is 3.08. The second kappa shape index (κ2) is 8.17. The number of rotatable bonds is 5. The van der Waals surface area contributed by atoms with Crippen LogP contribution in [0.25, 0.3) is 0 Å². The maximum absolute atomic E-state index is 12.6. The van der Waals surface area contributed by atoms with Crippen LogP contribution in [0.5, 0.6) is 0 Å². The molecular weight excluding hydrogens is 300 g/mol. The highest BCUT2D eigenvalue weighted by atomic mass is 19.3. The number of nitrogens with zero attached hydrogens (tertiary/aromatic N) is 4. The molecule has 2 rings (SSSR count). The van der Waals surface area contributed by atoms with Crippen molar-refractivity contribution >= 4 is 5.96 Å². The highest BCUT2D eigenvalue weighted by Gasteiger charge is 2.10. The van der Waals surface area contributed by atoms with Gasteiger partial charge in [-0.3, -0.25) is 0 Å². The van der Waals surface area contributed by atoms with Crippen molar-refractivity contribution in [2.24, 2.45) is 4.99 Å². The maximum Gasteiger partial charge on any atom is 0.280 e. The van der Waals surface area contributed by atoms with Crippen LogP contribution in [-0.4, -0.2) is 34.9 Å². The molecule has 1 N–H and O–H groups in total. The average Bonchev–Trinajstić information content (AvgIpc) is 2.55. The van der Waals surface area contributed by atoms with Gasteiger partial charge in [0.2, 0.25) is 0 Å². The van der Waals surface area contributed by atoms with Crippen molar-refractivity contribution in [3.8, 4) is 0 Å². The van der Waals surface area contributed by atoms with E-state index >= 15 is 0 Å². The Kier molecular flexibility index (Phi) is 5.96. The molecule has 0 radical (unpaired) electrons. The first kappa shape index (κ1) is 16.8. The maximum atomic E-state index is 12.6. The molecule has 0 unspecified atom stereocenters. The fraction of sp³-hybridized carbons (Fsp3) is 0.312. The van der Waals surface area contributed by atoms with Crippen molar-refractivity contribution in [3.05, 3.63) is 59.7 Å². The first-order chi connectivity index (χ1) is 11.1. The Hall–Kier alpha value is -2.57. The van der Waals surface area contributed by atoms with Crippen molar-refractivity contribution in [3.63, 3.8) is 0 Å². The zero-order valence-corrected chi connectivity index (χ0v) is 13.1. The van der Waals surface area contributed by atoms with Crippen LogP contribution in [0, 0.1) is 0 Å². The number of aromatic nitrogens is 2. The largest absolute Gasteiger partial charge is 0.349 e. The molecule has 23 heavy (non-hydrogen) atoms. The van der Waals surface area contributed by atoms with E-state index in [0.29, 0.717) is 18.3 Å². The van der Waals surface area contributed by atoms with Gasteiger partial charge in [0.25, 0.3) is 6.43 Å².